The topological polar surface area (TPSA) is 41.6 Å². The monoisotopic (exact) mass is 282 g/mol. The number of hydrogen-bond donors (Lipinski definition) is 1. The fourth-order valence-electron chi connectivity index (χ4n) is 2.38. The quantitative estimate of drug-likeness (QED) is 0.925. The summed E-state index contributed by atoms with van der Waals surface area (Å²) in [4.78, 5) is 14.1. The Kier molecular flexibility index (Phi) is 4.80. The van der Waals surface area contributed by atoms with Gasteiger partial charge in [0.15, 0.2) is 0 Å². The first-order chi connectivity index (χ1) is 9.02. The van der Waals surface area contributed by atoms with Gasteiger partial charge in [-0.3, -0.25) is 9.69 Å². The van der Waals surface area contributed by atoms with E-state index in [0.717, 1.165) is 18.8 Å². The van der Waals surface area contributed by atoms with E-state index in [1.54, 1.807) is 12.1 Å². The number of ether oxygens (including phenoxy) is 1. The van der Waals surface area contributed by atoms with Crippen molar-refractivity contribution in [2.75, 3.05) is 25.0 Å². The Morgan fingerprint density at radius 1 is 1.42 bits per heavy atom. The van der Waals surface area contributed by atoms with Crippen LogP contribution in [-0.2, 0) is 9.53 Å². The van der Waals surface area contributed by atoms with E-state index < -0.39 is 0 Å². The highest BCUT2D eigenvalue weighted by atomic mass is 35.5. The molecule has 1 N–H and O–H groups in total. The summed E-state index contributed by atoms with van der Waals surface area (Å²) in [6, 6.07) is 7.16. The molecule has 0 unspecified atom stereocenters. The molecule has 1 aliphatic rings. The number of halogens is 1. The molecule has 0 saturated carbocycles. The first kappa shape index (κ1) is 14.3. The summed E-state index contributed by atoms with van der Waals surface area (Å²) in [5, 5.41) is 3.47. The third-order valence-corrected chi connectivity index (χ3v) is 3.21. The Morgan fingerprint density at radius 2 is 2.11 bits per heavy atom. The van der Waals surface area contributed by atoms with E-state index in [4.69, 9.17) is 16.3 Å². The molecule has 1 amide bonds. The summed E-state index contributed by atoms with van der Waals surface area (Å²) >= 11 is 5.88. The van der Waals surface area contributed by atoms with Crippen LogP contribution < -0.4 is 5.32 Å². The maximum absolute atomic E-state index is 12.0. The molecule has 0 spiro atoms. The molecule has 1 fully saturated rings. The smallest absolute Gasteiger partial charge is 0.238 e. The highest BCUT2D eigenvalue weighted by molar-refractivity contribution is 6.30. The van der Waals surface area contributed by atoms with E-state index in [1.165, 1.54) is 0 Å². The average Bonchev–Trinajstić information content (AvgIpc) is 2.26. The first-order valence-electron chi connectivity index (χ1n) is 6.46. The zero-order valence-corrected chi connectivity index (χ0v) is 12.0. The van der Waals surface area contributed by atoms with Crippen LogP contribution in [0.3, 0.4) is 0 Å². The molecule has 2 atom stereocenters. The third-order valence-electron chi connectivity index (χ3n) is 2.97. The maximum atomic E-state index is 12.0. The van der Waals surface area contributed by atoms with E-state index in [1.807, 2.05) is 26.0 Å². The van der Waals surface area contributed by atoms with Crippen molar-refractivity contribution >= 4 is 23.2 Å². The highest BCUT2D eigenvalue weighted by Crippen LogP contribution is 2.15. The van der Waals surface area contributed by atoms with E-state index in [2.05, 4.69) is 10.2 Å². The zero-order valence-electron chi connectivity index (χ0n) is 11.2. The second-order valence-corrected chi connectivity index (χ2v) is 5.45. The lowest BCUT2D eigenvalue weighted by atomic mass is 10.2. The van der Waals surface area contributed by atoms with Gasteiger partial charge in [-0.15, -0.1) is 0 Å². The van der Waals surface area contributed by atoms with Crippen molar-refractivity contribution in [3.05, 3.63) is 29.3 Å². The van der Waals surface area contributed by atoms with Gasteiger partial charge in [-0.1, -0.05) is 17.7 Å². The molecule has 1 heterocycles. The third kappa shape index (κ3) is 4.49. The molecule has 2 rings (SSSR count). The van der Waals surface area contributed by atoms with Gasteiger partial charge in [0.1, 0.15) is 0 Å². The van der Waals surface area contributed by atoms with Gasteiger partial charge in [0, 0.05) is 23.8 Å². The molecule has 104 valence electrons. The van der Waals surface area contributed by atoms with Crippen LogP contribution in [0.25, 0.3) is 0 Å². The molecule has 4 nitrogen and oxygen atoms in total. The van der Waals surface area contributed by atoms with Gasteiger partial charge in [-0.05, 0) is 32.0 Å². The number of anilines is 1. The van der Waals surface area contributed by atoms with Crippen LogP contribution in [0.5, 0.6) is 0 Å². The summed E-state index contributed by atoms with van der Waals surface area (Å²) in [5.74, 6) is -0.0245. The fraction of sp³-hybridized carbons (Fsp3) is 0.500. The van der Waals surface area contributed by atoms with E-state index >= 15 is 0 Å². The van der Waals surface area contributed by atoms with E-state index in [9.17, 15) is 4.79 Å². The molecule has 1 saturated heterocycles. The Balaban J connectivity index is 1.87. The van der Waals surface area contributed by atoms with E-state index in [0.29, 0.717) is 11.6 Å². The predicted octanol–water partition coefficient (Wildman–Crippen LogP) is 2.39. The number of hydrogen-bond acceptors (Lipinski definition) is 3. The Bertz CT molecular complexity index is 443. The van der Waals surface area contributed by atoms with Crippen LogP contribution in [0.1, 0.15) is 13.8 Å². The van der Waals surface area contributed by atoms with Gasteiger partial charge in [-0.25, -0.2) is 0 Å². The summed E-state index contributed by atoms with van der Waals surface area (Å²) in [5.41, 5.74) is 0.729. The Hall–Kier alpha value is -1.10. The standard InChI is InChI=1S/C14H19ClN2O2/c1-10-7-17(8-11(2)19-10)9-14(18)16-13-5-3-4-12(15)6-13/h3-6,10-11H,7-9H2,1-2H3,(H,16,18)/t10-,11+. The second-order valence-electron chi connectivity index (χ2n) is 5.01. The van der Waals surface area contributed by atoms with Crippen molar-refractivity contribution in [2.45, 2.75) is 26.1 Å². The minimum absolute atomic E-state index is 0.0245. The molecule has 0 radical (unpaired) electrons. The van der Waals surface area contributed by atoms with Crippen LogP contribution in [0.15, 0.2) is 24.3 Å². The number of amides is 1. The summed E-state index contributed by atoms with van der Waals surface area (Å²) in [6.07, 6.45) is 0.338. The van der Waals surface area contributed by atoms with Crippen LogP contribution in [0.4, 0.5) is 5.69 Å². The Labute approximate surface area is 118 Å². The van der Waals surface area contributed by atoms with Gasteiger partial charge in [0.05, 0.1) is 18.8 Å². The minimum Gasteiger partial charge on any atom is -0.373 e. The van der Waals surface area contributed by atoms with Gasteiger partial charge in [-0.2, -0.15) is 0 Å². The molecule has 5 heteroatoms. The fourth-order valence-corrected chi connectivity index (χ4v) is 2.57. The van der Waals surface area contributed by atoms with Crippen LogP contribution >= 0.6 is 11.6 Å². The maximum Gasteiger partial charge on any atom is 0.238 e. The number of nitrogens with one attached hydrogen (secondary N) is 1. The Morgan fingerprint density at radius 3 is 2.74 bits per heavy atom. The van der Waals surface area contributed by atoms with Crippen LogP contribution in [0, 0.1) is 0 Å². The van der Waals surface area contributed by atoms with Crippen molar-refractivity contribution in [3.8, 4) is 0 Å². The van der Waals surface area contributed by atoms with Crippen molar-refractivity contribution in [1.82, 2.24) is 4.90 Å². The average molecular weight is 283 g/mol. The van der Waals surface area contributed by atoms with Gasteiger partial charge in [0.25, 0.3) is 0 Å². The summed E-state index contributed by atoms with van der Waals surface area (Å²) in [7, 11) is 0. The number of morpholine rings is 1. The SMILES string of the molecule is C[C@@H]1CN(CC(=O)Nc2cccc(Cl)c2)C[C@H](C)O1. The minimum atomic E-state index is -0.0245. The summed E-state index contributed by atoms with van der Waals surface area (Å²) in [6.45, 7) is 6.00. The van der Waals surface area contributed by atoms with E-state index in [-0.39, 0.29) is 18.1 Å². The zero-order chi connectivity index (χ0) is 13.8. The lowest BCUT2D eigenvalue weighted by Crippen LogP contribution is -2.48. The van der Waals surface area contributed by atoms with Crippen molar-refractivity contribution < 1.29 is 9.53 Å². The van der Waals surface area contributed by atoms with Crippen LogP contribution in [-0.4, -0.2) is 42.6 Å². The molecule has 1 aromatic carbocycles. The van der Waals surface area contributed by atoms with Gasteiger partial charge < -0.3 is 10.1 Å². The second kappa shape index (κ2) is 6.37. The summed E-state index contributed by atoms with van der Waals surface area (Å²) < 4.78 is 5.64. The number of rotatable bonds is 3. The van der Waals surface area contributed by atoms with Crippen molar-refractivity contribution in [2.24, 2.45) is 0 Å². The van der Waals surface area contributed by atoms with Crippen molar-refractivity contribution in [1.29, 1.82) is 0 Å². The molecule has 0 aromatic heterocycles. The van der Waals surface area contributed by atoms with Crippen LogP contribution in [0.2, 0.25) is 5.02 Å². The number of carbonyl (C=O) groups excluding carboxylic acids is 1. The predicted molar refractivity (Wildman–Crippen MR) is 76.5 cm³/mol. The van der Waals surface area contributed by atoms with Gasteiger partial charge in [0.2, 0.25) is 5.91 Å². The number of benzene rings is 1. The normalized spacial score (nSPS) is 24.2. The molecule has 0 bridgehead atoms. The first-order valence-corrected chi connectivity index (χ1v) is 6.84. The largest absolute Gasteiger partial charge is 0.373 e. The molecule has 19 heavy (non-hydrogen) atoms. The molecule has 1 aliphatic heterocycles. The number of carbonyl (C=O) groups is 1. The molecular weight excluding hydrogens is 264 g/mol. The van der Waals surface area contributed by atoms with Gasteiger partial charge >= 0.3 is 0 Å². The molecular formula is C14H19ClN2O2. The van der Waals surface area contributed by atoms with Crippen molar-refractivity contribution in [3.63, 3.8) is 0 Å². The molecule has 1 aromatic rings. The number of nitrogens with zero attached hydrogens (tertiary/aromatic N) is 1. The highest BCUT2D eigenvalue weighted by Gasteiger charge is 2.23. The lowest BCUT2D eigenvalue weighted by Gasteiger charge is -2.34. The molecule has 0 aliphatic carbocycles. The lowest BCUT2D eigenvalue weighted by molar-refractivity contribution is -0.121.